The van der Waals surface area contributed by atoms with Crippen LogP contribution in [0.2, 0.25) is 5.02 Å². The van der Waals surface area contributed by atoms with Crippen LogP contribution in [0.3, 0.4) is 0 Å². The highest BCUT2D eigenvalue weighted by atomic mass is 35.5. The predicted molar refractivity (Wildman–Crippen MR) is 73.7 cm³/mol. The first-order valence-corrected chi connectivity index (χ1v) is 6.57. The molecule has 3 N–H and O–H groups in total. The summed E-state index contributed by atoms with van der Waals surface area (Å²) >= 11 is 7.72. The Kier molecular flexibility index (Phi) is 2.67. The van der Waals surface area contributed by atoms with Crippen LogP contribution in [0, 0.1) is 0 Å². The van der Waals surface area contributed by atoms with Crippen LogP contribution in [0.25, 0.3) is 10.9 Å². The Morgan fingerprint density at radius 2 is 2.06 bits per heavy atom. The SMILES string of the molecule is NC(c1sccc1Cl)c1c[nH]c2ccccc12. The zero-order valence-corrected chi connectivity index (χ0v) is 10.6. The molecule has 3 aromatic rings. The second-order valence-corrected chi connectivity index (χ2v) is 5.25. The van der Waals surface area contributed by atoms with E-state index in [1.807, 2.05) is 35.8 Å². The number of rotatable bonds is 2. The van der Waals surface area contributed by atoms with Gasteiger partial charge in [-0.05, 0) is 23.1 Å². The molecule has 0 radical (unpaired) electrons. The van der Waals surface area contributed by atoms with Gasteiger partial charge in [0.25, 0.3) is 0 Å². The second-order valence-electron chi connectivity index (χ2n) is 3.90. The number of para-hydroxylation sites is 1. The molecule has 1 atom stereocenters. The Balaban J connectivity index is 2.13. The summed E-state index contributed by atoms with van der Waals surface area (Å²) in [7, 11) is 0. The highest BCUT2D eigenvalue weighted by Gasteiger charge is 2.17. The minimum Gasteiger partial charge on any atom is -0.361 e. The highest BCUT2D eigenvalue weighted by molar-refractivity contribution is 7.10. The van der Waals surface area contributed by atoms with Crippen LogP contribution in [0.5, 0.6) is 0 Å². The van der Waals surface area contributed by atoms with Crippen molar-refractivity contribution < 1.29 is 0 Å². The topological polar surface area (TPSA) is 41.8 Å². The molecule has 17 heavy (non-hydrogen) atoms. The summed E-state index contributed by atoms with van der Waals surface area (Å²) in [4.78, 5) is 4.24. The number of hydrogen-bond acceptors (Lipinski definition) is 2. The smallest absolute Gasteiger partial charge is 0.0682 e. The van der Waals surface area contributed by atoms with Crippen molar-refractivity contribution in [1.82, 2.24) is 4.98 Å². The zero-order chi connectivity index (χ0) is 11.8. The molecule has 2 nitrogen and oxygen atoms in total. The molecule has 2 aromatic heterocycles. The van der Waals surface area contributed by atoms with Gasteiger partial charge in [0.2, 0.25) is 0 Å². The average Bonchev–Trinajstić information content (AvgIpc) is 2.94. The van der Waals surface area contributed by atoms with E-state index in [-0.39, 0.29) is 6.04 Å². The fraction of sp³-hybridized carbons (Fsp3) is 0.0769. The van der Waals surface area contributed by atoms with Gasteiger partial charge in [0.1, 0.15) is 0 Å². The van der Waals surface area contributed by atoms with E-state index in [2.05, 4.69) is 11.1 Å². The number of benzene rings is 1. The van der Waals surface area contributed by atoms with Crippen LogP contribution < -0.4 is 5.73 Å². The van der Waals surface area contributed by atoms with Gasteiger partial charge in [-0.3, -0.25) is 0 Å². The lowest BCUT2D eigenvalue weighted by molar-refractivity contribution is 0.903. The lowest BCUT2D eigenvalue weighted by atomic mass is 10.1. The summed E-state index contributed by atoms with van der Waals surface area (Å²) in [6, 6.07) is 9.85. The molecule has 86 valence electrons. The van der Waals surface area contributed by atoms with Crippen molar-refractivity contribution >= 4 is 33.8 Å². The molecule has 3 rings (SSSR count). The Bertz CT molecular complexity index is 656. The van der Waals surface area contributed by atoms with Gasteiger partial charge in [0.05, 0.1) is 11.1 Å². The lowest BCUT2D eigenvalue weighted by Gasteiger charge is -2.09. The van der Waals surface area contributed by atoms with Crippen molar-refractivity contribution in [3.8, 4) is 0 Å². The van der Waals surface area contributed by atoms with E-state index in [1.165, 1.54) is 0 Å². The van der Waals surface area contributed by atoms with Crippen LogP contribution >= 0.6 is 22.9 Å². The maximum Gasteiger partial charge on any atom is 0.0682 e. The van der Waals surface area contributed by atoms with Crippen molar-refractivity contribution in [3.63, 3.8) is 0 Å². The van der Waals surface area contributed by atoms with Crippen LogP contribution in [0.4, 0.5) is 0 Å². The van der Waals surface area contributed by atoms with E-state index in [9.17, 15) is 0 Å². The third-order valence-electron chi connectivity index (χ3n) is 2.88. The third kappa shape index (κ3) is 1.76. The summed E-state index contributed by atoms with van der Waals surface area (Å²) in [5, 5.41) is 3.86. The zero-order valence-electron chi connectivity index (χ0n) is 8.98. The number of aromatic nitrogens is 1. The molecule has 0 fully saturated rings. The van der Waals surface area contributed by atoms with Crippen LogP contribution in [-0.4, -0.2) is 4.98 Å². The molecule has 0 aliphatic carbocycles. The Morgan fingerprint density at radius 1 is 1.24 bits per heavy atom. The summed E-state index contributed by atoms with van der Waals surface area (Å²) < 4.78 is 0. The van der Waals surface area contributed by atoms with Crippen LogP contribution in [0.15, 0.2) is 41.9 Å². The van der Waals surface area contributed by atoms with Crippen molar-refractivity contribution in [2.24, 2.45) is 5.73 Å². The van der Waals surface area contributed by atoms with Gasteiger partial charge in [-0.2, -0.15) is 0 Å². The molecule has 0 aliphatic rings. The fourth-order valence-corrected chi connectivity index (χ4v) is 3.21. The molecule has 0 saturated carbocycles. The van der Waals surface area contributed by atoms with Gasteiger partial charge in [-0.1, -0.05) is 29.8 Å². The van der Waals surface area contributed by atoms with E-state index in [1.54, 1.807) is 11.3 Å². The number of halogens is 1. The van der Waals surface area contributed by atoms with Crippen molar-refractivity contribution in [2.75, 3.05) is 0 Å². The number of nitrogens with one attached hydrogen (secondary N) is 1. The fourth-order valence-electron chi connectivity index (χ4n) is 2.02. The monoisotopic (exact) mass is 262 g/mol. The van der Waals surface area contributed by atoms with E-state index in [0.29, 0.717) is 0 Å². The maximum atomic E-state index is 6.28. The van der Waals surface area contributed by atoms with Crippen LogP contribution in [0.1, 0.15) is 16.5 Å². The number of fused-ring (bicyclic) bond motifs is 1. The average molecular weight is 263 g/mol. The van der Waals surface area contributed by atoms with Gasteiger partial charge in [0, 0.05) is 22.0 Å². The largest absolute Gasteiger partial charge is 0.361 e. The Hall–Kier alpha value is -1.29. The third-order valence-corrected chi connectivity index (χ3v) is 4.33. The minimum atomic E-state index is -0.168. The van der Waals surface area contributed by atoms with Crippen molar-refractivity contribution in [2.45, 2.75) is 6.04 Å². The van der Waals surface area contributed by atoms with Gasteiger partial charge >= 0.3 is 0 Å². The van der Waals surface area contributed by atoms with Gasteiger partial charge in [-0.15, -0.1) is 11.3 Å². The summed E-state index contributed by atoms with van der Waals surface area (Å²) in [5.74, 6) is 0. The molecule has 1 unspecified atom stereocenters. The highest BCUT2D eigenvalue weighted by Crippen LogP contribution is 2.34. The molecule has 2 heterocycles. The normalized spacial score (nSPS) is 13.1. The quantitative estimate of drug-likeness (QED) is 0.722. The van der Waals surface area contributed by atoms with E-state index in [4.69, 9.17) is 17.3 Å². The predicted octanol–water partition coefficient (Wildman–Crippen LogP) is 3.93. The molecule has 0 amide bonds. The first-order chi connectivity index (χ1) is 8.27. The lowest BCUT2D eigenvalue weighted by Crippen LogP contribution is -2.09. The molecular formula is C13H11ClN2S. The van der Waals surface area contributed by atoms with E-state index >= 15 is 0 Å². The van der Waals surface area contributed by atoms with E-state index < -0.39 is 0 Å². The Morgan fingerprint density at radius 3 is 2.82 bits per heavy atom. The standard InChI is InChI=1S/C13H11ClN2S/c14-10-5-6-17-13(10)12(15)9-7-16-11-4-2-1-3-8(9)11/h1-7,12,16H,15H2. The van der Waals surface area contributed by atoms with Crippen LogP contribution in [-0.2, 0) is 0 Å². The second kappa shape index (κ2) is 4.18. The summed E-state index contributed by atoms with van der Waals surface area (Å²) in [6.45, 7) is 0. The number of aromatic amines is 1. The number of nitrogens with two attached hydrogens (primary N) is 1. The molecule has 0 spiro atoms. The Labute approximate surface area is 108 Å². The molecule has 0 saturated heterocycles. The van der Waals surface area contributed by atoms with Gasteiger partial charge in [0.15, 0.2) is 0 Å². The van der Waals surface area contributed by atoms with Crippen molar-refractivity contribution in [3.05, 3.63) is 57.4 Å². The first-order valence-electron chi connectivity index (χ1n) is 5.32. The molecular weight excluding hydrogens is 252 g/mol. The minimum absolute atomic E-state index is 0.168. The van der Waals surface area contributed by atoms with Gasteiger partial charge < -0.3 is 10.7 Å². The molecule has 0 aliphatic heterocycles. The first kappa shape index (κ1) is 10.8. The van der Waals surface area contributed by atoms with Crippen molar-refractivity contribution in [1.29, 1.82) is 0 Å². The molecule has 1 aromatic carbocycles. The van der Waals surface area contributed by atoms with E-state index in [0.717, 1.165) is 26.4 Å². The summed E-state index contributed by atoms with van der Waals surface area (Å²) in [6.07, 6.45) is 1.96. The number of hydrogen-bond donors (Lipinski definition) is 2. The summed E-state index contributed by atoms with van der Waals surface area (Å²) in [5.41, 5.74) is 8.47. The molecule has 4 heteroatoms. The number of thiophene rings is 1. The van der Waals surface area contributed by atoms with Gasteiger partial charge in [-0.25, -0.2) is 0 Å². The molecule has 0 bridgehead atoms. The maximum absolute atomic E-state index is 6.28. The number of H-pyrrole nitrogens is 1.